The number of carbonyl (C=O) groups excluding carboxylic acids is 3. The van der Waals surface area contributed by atoms with Gasteiger partial charge >= 0.3 is 12.1 Å². The number of amides is 3. The van der Waals surface area contributed by atoms with E-state index in [2.05, 4.69) is 5.32 Å². The monoisotopic (exact) mass is 379 g/mol. The number of nitrogens with zero attached hydrogens (tertiary/aromatic N) is 2. The van der Waals surface area contributed by atoms with E-state index in [-0.39, 0.29) is 24.8 Å². The van der Waals surface area contributed by atoms with Crippen LogP contribution in [0.5, 0.6) is 0 Å². The molecule has 2 aliphatic rings. The van der Waals surface area contributed by atoms with Gasteiger partial charge < -0.3 is 19.9 Å². The molecular formula is C16H24F3N3O4. The van der Waals surface area contributed by atoms with Crippen molar-refractivity contribution < 1.29 is 32.3 Å². The first-order valence-electron chi connectivity index (χ1n) is 8.67. The molecule has 2 fully saturated rings. The molecule has 0 saturated carbocycles. The lowest BCUT2D eigenvalue weighted by Gasteiger charge is -2.33. The molecule has 3 amide bonds. The van der Waals surface area contributed by atoms with Crippen LogP contribution in [0.15, 0.2) is 0 Å². The number of morpholine rings is 1. The molecule has 0 aromatic carbocycles. The van der Waals surface area contributed by atoms with Gasteiger partial charge in [0.05, 0.1) is 13.2 Å². The summed E-state index contributed by atoms with van der Waals surface area (Å²) in [5, 5.41) is 2.56. The molecule has 2 rings (SSSR count). The first-order valence-corrected chi connectivity index (χ1v) is 8.67. The number of likely N-dealkylation sites (tertiary alicyclic amines) is 1. The highest BCUT2D eigenvalue weighted by atomic mass is 19.4. The first kappa shape index (κ1) is 20.5. The molecule has 1 unspecified atom stereocenters. The summed E-state index contributed by atoms with van der Waals surface area (Å²) in [6, 6.07) is -2.06. The lowest BCUT2D eigenvalue weighted by Crippen LogP contribution is -2.57. The van der Waals surface area contributed by atoms with Crippen molar-refractivity contribution in [3.8, 4) is 0 Å². The standard InChI is InChI=1S/C16H24F3N3O4/c1-10(2)12(14(24)21-6-8-26-9-7-21)20-13(23)11-4-3-5-22(11)15(25)16(17,18)19/h10-12H,3-9H2,1-2H3,(H,20,23)/t11?,12-/m0/s1. The number of ether oxygens (including phenoxy) is 1. The van der Waals surface area contributed by atoms with Crippen molar-refractivity contribution in [2.24, 2.45) is 5.92 Å². The predicted octanol–water partition coefficient (Wildman–Crippen LogP) is 0.539. The Bertz CT molecular complexity index is 547. The zero-order chi connectivity index (χ0) is 19.5. The van der Waals surface area contributed by atoms with Gasteiger partial charge in [-0.15, -0.1) is 0 Å². The second-order valence-corrected chi connectivity index (χ2v) is 6.82. The number of halogens is 3. The second-order valence-electron chi connectivity index (χ2n) is 6.82. The number of nitrogens with one attached hydrogen (secondary N) is 1. The van der Waals surface area contributed by atoms with E-state index in [4.69, 9.17) is 4.74 Å². The van der Waals surface area contributed by atoms with Crippen LogP contribution >= 0.6 is 0 Å². The Morgan fingerprint density at radius 3 is 2.27 bits per heavy atom. The van der Waals surface area contributed by atoms with Gasteiger partial charge in [-0.05, 0) is 18.8 Å². The Morgan fingerprint density at radius 1 is 1.12 bits per heavy atom. The van der Waals surface area contributed by atoms with Crippen LogP contribution in [-0.2, 0) is 19.1 Å². The highest BCUT2D eigenvalue weighted by Crippen LogP contribution is 2.26. The SMILES string of the molecule is CC(C)[C@H](NC(=O)C1CCCN1C(=O)C(F)(F)F)C(=O)N1CCOCC1. The summed E-state index contributed by atoms with van der Waals surface area (Å²) in [5.74, 6) is -3.28. The van der Waals surface area contributed by atoms with Gasteiger partial charge in [0.25, 0.3) is 0 Å². The van der Waals surface area contributed by atoms with Crippen LogP contribution in [-0.4, -0.2) is 78.6 Å². The van der Waals surface area contributed by atoms with E-state index < -0.39 is 30.1 Å². The topological polar surface area (TPSA) is 79.0 Å². The van der Waals surface area contributed by atoms with Crippen molar-refractivity contribution >= 4 is 17.7 Å². The molecule has 0 aromatic rings. The van der Waals surface area contributed by atoms with Gasteiger partial charge in [0, 0.05) is 19.6 Å². The summed E-state index contributed by atoms with van der Waals surface area (Å²) in [6.07, 6.45) is -4.57. The van der Waals surface area contributed by atoms with E-state index in [1.165, 1.54) is 0 Å². The smallest absolute Gasteiger partial charge is 0.378 e. The summed E-state index contributed by atoms with van der Waals surface area (Å²) < 4.78 is 43.3. The van der Waals surface area contributed by atoms with Gasteiger partial charge in [-0.2, -0.15) is 13.2 Å². The highest BCUT2D eigenvalue weighted by Gasteiger charge is 2.48. The highest BCUT2D eigenvalue weighted by molar-refractivity contribution is 5.93. The molecule has 2 aliphatic heterocycles. The third-order valence-corrected chi connectivity index (χ3v) is 4.61. The Morgan fingerprint density at radius 2 is 1.73 bits per heavy atom. The maximum absolute atomic E-state index is 12.7. The van der Waals surface area contributed by atoms with E-state index in [0.717, 1.165) is 0 Å². The summed E-state index contributed by atoms with van der Waals surface area (Å²) in [4.78, 5) is 38.8. The largest absolute Gasteiger partial charge is 0.471 e. The zero-order valence-electron chi connectivity index (χ0n) is 14.8. The fourth-order valence-electron chi connectivity index (χ4n) is 3.19. The van der Waals surface area contributed by atoms with E-state index in [9.17, 15) is 27.6 Å². The third kappa shape index (κ3) is 4.66. The van der Waals surface area contributed by atoms with Gasteiger partial charge in [0.2, 0.25) is 11.8 Å². The second kappa shape index (κ2) is 8.24. The predicted molar refractivity (Wildman–Crippen MR) is 85.0 cm³/mol. The molecule has 148 valence electrons. The maximum atomic E-state index is 12.7. The van der Waals surface area contributed by atoms with Crippen molar-refractivity contribution in [2.45, 2.75) is 44.9 Å². The van der Waals surface area contributed by atoms with Gasteiger partial charge in [-0.25, -0.2) is 0 Å². The molecule has 26 heavy (non-hydrogen) atoms. The maximum Gasteiger partial charge on any atom is 0.471 e. The van der Waals surface area contributed by atoms with Crippen LogP contribution in [0.3, 0.4) is 0 Å². The van der Waals surface area contributed by atoms with Gasteiger partial charge in [0.15, 0.2) is 0 Å². The van der Waals surface area contributed by atoms with E-state index >= 15 is 0 Å². The fourth-order valence-corrected chi connectivity index (χ4v) is 3.19. The lowest BCUT2D eigenvalue weighted by atomic mass is 10.0. The minimum Gasteiger partial charge on any atom is -0.378 e. The van der Waals surface area contributed by atoms with Gasteiger partial charge in [-0.1, -0.05) is 13.8 Å². The van der Waals surface area contributed by atoms with Crippen LogP contribution < -0.4 is 5.32 Å². The summed E-state index contributed by atoms with van der Waals surface area (Å²) in [6.45, 7) is 4.98. The molecule has 1 N–H and O–H groups in total. The molecule has 2 atom stereocenters. The number of hydrogen-bond acceptors (Lipinski definition) is 4. The van der Waals surface area contributed by atoms with Crippen molar-refractivity contribution in [1.29, 1.82) is 0 Å². The average Bonchev–Trinajstić information content (AvgIpc) is 3.07. The zero-order valence-corrected chi connectivity index (χ0v) is 14.8. The Labute approximate surface area is 149 Å². The minimum absolute atomic E-state index is 0.125. The van der Waals surface area contributed by atoms with Crippen molar-refractivity contribution in [3.63, 3.8) is 0 Å². The Balaban J connectivity index is 2.06. The van der Waals surface area contributed by atoms with Crippen LogP contribution in [0, 0.1) is 5.92 Å². The summed E-state index contributed by atoms with van der Waals surface area (Å²) in [5.41, 5.74) is 0. The third-order valence-electron chi connectivity index (χ3n) is 4.61. The van der Waals surface area contributed by atoms with Crippen LogP contribution in [0.25, 0.3) is 0 Å². The molecule has 0 aliphatic carbocycles. The average molecular weight is 379 g/mol. The van der Waals surface area contributed by atoms with E-state index in [1.807, 2.05) is 0 Å². The van der Waals surface area contributed by atoms with Crippen molar-refractivity contribution in [3.05, 3.63) is 0 Å². The van der Waals surface area contributed by atoms with Crippen LogP contribution in [0.2, 0.25) is 0 Å². The molecule has 7 nitrogen and oxygen atoms in total. The van der Waals surface area contributed by atoms with Gasteiger partial charge in [0.1, 0.15) is 12.1 Å². The molecule has 2 saturated heterocycles. The van der Waals surface area contributed by atoms with Crippen LogP contribution in [0.1, 0.15) is 26.7 Å². The Hall–Kier alpha value is -1.84. The summed E-state index contributed by atoms with van der Waals surface area (Å²) >= 11 is 0. The van der Waals surface area contributed by atoms with Crippen LogP contribution in [0.4, 0.5) is 13.2 Å². The van der Waals surface area contributed by atoms with E-state index in [1.54, 1.807) is 18.7 Å². The number of rotatable bonds is 4. The van der Waals surface area contributed by atoms with Gasteiger partial charge in [-0.3, -0.25) is 14.4 Å². The molecule has 2 heterocycles. The molecule has 10 heteroatoms. The molecule has 0 bridgehead atoms. The molecule has 0 aromatic heterocycles. The fraction of sp³-hybridized carbons (Fsp3) is 0.812. The number of alkyl halides is 3. The van der Waals surface area contributed by atoms with E-state index in [0.29, 0.717) is 37.6 Å². The number of hydrogen-bond donors (Lipinski definition) is 1. The Kier molecular flexibility index (Phi) is 6.48. The molecule has 0 spiro atoms. The lowest BCUT2D eigenvalue weighted by molar-refractivity contribution is -0.186. The minimum atomic E-state index is -5.02. The van der Waals surface area contributed by atoms with Crippen molar-refractivity contribution in [1.82, 2.24) is 15.1 Å². The summed E-state index contributed by atoms with van der Waals surface area (Å²) in [7, 11) is 0. The first-order chi connectivity index (χ1) is 12.1. The number of carbonyl (C=O) groups is 3. The normalized spacial score (nSPS) is 22.5. The molecule has 0 radical (unpaired) electrons. The quantitative estimate of drug-likeness (QED) is 0.773. The van der Waals surface area contributed by atoms with Crippen molar-refractivity contribution in [2.75, 3.05) is 32.8 Å². The molecular weight excluding hydrogens is 355 g/mol.